The molecule has 1 aromatic carbocycles. The highest BCUT2D eigenvalue weighted by molar-refractivity contribution is 9.10. The van der Waals surface area contributed by atoms with E-state index in [9.17, 15) is 4.39 Å². The van der Waals surface area contributed by atoms with Crippen molar-refractivity contribution < 1.29 is 9.13 Å². The van der Waals surface area contributed by atoms with E-state index in [0.29, 0.717) is 24.2 Å². The molecule has 1 N–H and O–H groups in total. The first-order chi connectivity index (χ1) is 9.17. The maximum atomic E-state index is 13.9. The van der Waals surface area contributed by atoms with Gasteiger partial charge in [-0.15, -0.1) is 0 Å². The summed E-state index contributed by atoms with van der Waals surface area (Å²) >= 11 is 3.30. The van der Waals surface area contributed by atoms with Gasteiger partial charge in [-0.1, -0.05) is 22.0 Å². The van der Waals surface area contributed by atoms with Crippen molar-refractivity contribution in [3.8, 4) is 0 Å². The summed E-state index contributed by atoms with van der Waals surface area (Å²) in [6.07, 6.45) is 5.03. The highest BCUT2D eigenvalue weighted by Gasteiger charge is 2.43. The van der Waals surface area contributed by atoms with Gasteiger partial charge in [0.1, 0.15) is 5.82 Å². The summed E-state index contributed by atoms with van der Waals surface area (Å²) in [4.78, 5) is 0. The molecule has 4 atom stereocenters. The van der Waals surface area contributed by atoms with E-state index in [0.717, 1.165) is 29.3 Å². The third kappa shape index (κ3) is 2.71. The first-order valence-electron chi connectivity index (χ1n) is 6.94. The molecular weight excluding hydrogens is 309 g/mol. The standard InChI is InChI=1S/C15H19BrFNO/c1-18-14(12-8-11-4-5-15(12)19-11)6-9-2-3-10(16)7-13(9)17/h2-3,7,11-12,14-15,18H,4-6,8H2,1H3. The smallest absolute Gasteiger partial charge is 0.127 e. The first-order valence-corrected chi connectivity index (χ1v) is 7.73. The van der Waals surface area contributed by atoms with Crippen LogP contribution in [0.25, 0.3) is 0 Å². The van der Waals surface area contributed by atoms with E-state index in [1.807, 2.05) is 19.2 Å². The molecule has 2 nitrogen and oxygen atoms in total. The van der Waals surface area contributed by atoms with Gasteiger partial charge in [0.25, 0.3) is 0 Å². The lowest BCUT2D eigenvalue weighted by molar-refractivity contribution is 0.0862. The SMILES string of the molecule is CNC(Cc1ccc(Br)cc1F)C1CC2CCC1O2. The van der Waals surface area contributed by atoms with Gasteiger partial charge in [-0.25, -0.2) is 4.39 Å². The van der Waals surface area contributed by atoms with E-state index < -0.39 is 0 Å². The molecule has 3 rings (SSSR count). The van der Waals surface area contributed by atoms with Crippen molar-refractivity contribution in [3.63, 3.8) is 0 Å². The zero-order chi connectivity index (χ0) is 13.4. The van der Waals surface area contributed by atoms with Gasteiger partial charge in [-0.2, -0.15) is 0 Å². The monoisotopic (exact) mass is 327 g/mol. The van der Waals surface area contributed by atoms with Crippen LogP contribution >= 0.6 is 15.9 Å². The zero-order valence-electron chi connectivity index (χ0n) is 11.0. The van der Waals surface area contributed by atoms with Crippen LogP contribution in [0.5, 0.6) is 0 Å². The summed E-state index contributed by atoms with van der Waals surface area (Å²) in [7, 11) is 1.97. The van der Waals surface area contributed by atoms with E-state index in [1.165, 1.54) is 6.42 Å². The first kappa shape index (κ1) is 13.5. The molecule has 0 spiro atoms. The molecule has 0 aliphatic carbocycles. The summed E-state index contributed by atoms with van der Waals surface area (Å²) in [5.74, 6) is 0.394. The maximum absolute atomic E-state index is 13.9. The number of hydrogen-bond donors (Lipinski definition) is 1. The average molecular weight is 328 g/mol. The number of likely N-dealkylation sites (N-methyl/N-ethyl adjacent to an activating group) is 1. The van der Waals surface area contributed by atoms with Crippen molar-refractivity contribution in [2.24, 2.45) is 5.92 Å². The van der Waals surface area contributed by atoms with Gasteiger partial charge >= 0.3 is 0 Å². The average Bonchev–Trinajstić information content (AvgIpc) is 3.00. The summed E-state index contributed by atoms with van der Waals surface area (Å²) in [5, 5.41) is 3.36. The lowest BCUT2D eigenvalue weighted by Gasteiger charge is -2.28. The van der Waals surface area contributed by atoms with Crippen molar-refractivity contribution in [1.29, 1.82) is 0 Å². The van der Waals surface area contributed by atoms with Crippen LogP contribution in [0.4, 0.5) is 4.39 Å². The van der Waals surface area contributed by atoms with Gasteiger partial charge < -0.3 is 10.1 Å². The number of hydrogen-bond acceptors (Lipinski definition) is 2. The van der Waals surface area contributed by atoms with Crippen LogP contribution in [0.15, 0.2) is 22.7 Å². The van der Waals surface area contributed by atoms with Gasteiger partial charge in [0.2, 0.25) is 0 Å². The van der Waals surface area contributed by atoms with Crippen molar-refractivity contribution >= 4 is 15.9 Å². The molecule has 2 aliphatic heterocycles. The van der Waals surface area contributed by atoms with Crippen LogP contribution in [0, 0.1) is 11.7 Å². The van der Waals surface area contributed by atoms with Gasteiger partial charge in [-0.05, 0) is 50.4 Å². The lowest BCUT2D eigenvalue weighted by Crippen LogP contribution is -2.40. The minimum absolute atomic E-state index is 0.126. The largest absolute Gasteiger partial charge is 0.375 e. The van der Waals surface area contributed by atoms with Gasteiger partial charge in [-0.3, -0.25) is 0 Å². The number of halogens is 2. The fraction of sp³-hybridized carbons (Fsp3) is 0.600. The third-order valence-electron chi connectivity index (χ3n) is 4.50. The molecule has 0 saturated carbocycles. The Kier molecular flexibility index (Phi) is 3.92. The Labute approximate surface area is 121 Å². The molecule has 0 radical (unpaired) electrons. The Balaban J connectivity index is 1.73. The van der Waals surface area contributed by atoms with E-state index in [2.05, 4.69) is 21.2 Å². The molecule has 0 aromatic heterocycles. The molecule has 4 heteroatoms. The Hall–Kier alpha value is -0.450. The Morgan fingerprint density at radius 1 is 1.47 bits per heavy atom. The Morgan fingerprint density at radius 3 is 2.89 bits per heavy atom. The molecule has 2 bridgehead atoms. The lowest BCUT2D eigenvalue weighted by atomic mass is 9.81. The quantitative estimate of drug-likeness (QED) is 0.916. The van der Waals surface area contributed by atoms with Crippen molar-refractivity contribution in [2.75, 3.05) is 7.05 Å². The summed E-state index contributed by atoms with van der Waals surface area (Å²) in [6, 6.07) is 5.62. The van der Waals surface area contributed by atoms with Crippen LogP contribution in [0.2, 0.25) is 0 Å². The highest BCUT2D eigenvalue weighted by Crippen LogP contribution is 2.41. The number of fused-ring (bicyclic) bond motifs is 2. The summed E-state index contributed by atoms with van der Waals surface area (Å²) in [5.41, 5.74) is 0.783. The highest BCUT2D eigenvalue weighted by atomic mass is 79.9. The number of ether oxygens (including phenoxy) is 1. The van der Waals surface area contributed by atoms with Crippen molar-refractivity contribution in [1.82, 2.24) is 5.32 Å². The normalized spacial score (nSPS) is 30.8. The van der Waals surface area contributed by atoms with Crippen LogP contribution < -0.4 is 5.32 Å². The molecule has 4 unspecified atom stereocenters. The molecule has 104 valence electrons. The molecule has 2 fully saturated rings. The van der Waals surface area contributed by atoms with Crippen LogP contribution in [-0.4, -0.2) is 25.3 Å². The van der Waals surface area contributed by atoms with Gasteiger partial charge in [0.05, 0.1) is 12.2 Å². The molecule has 1 aromatic rings. The summed E-state index contributed by atoms with van der Waals surface area (Å²) < 4.78 is 20.6. The minimum Gasteiger partial charge on any atom is -0.375 e. The molecule has 0 amide bonds. The number of rotatable bonds is 4. The fourth-order valence-corrected chi connectivity index (χ4v) is 3.83. The fourth-order valence-electron chi connectivity index (χ4n) is 3.49. The molecule has 2 saturated heterocycles. The van der Waals surface area contributed by atoms with E-state index in [-0.39, 0.29) is 5.82 Å². The predicted octanol–water partition coefficient (Wildman–Crippen LogP) is 3.29. The molecule has 2 heterocycles. The van der Waals surface area contributed by atoms with Crippen LogP contribution in [0.1, 0.15) is 24.8 Å². The number of benzene rings is 1. The van der Waals surface area contributed by atoms with Crippen molar-refractivity contribution in [2.45, 2.75) is 43.9 Å². The van der Waals surface area contributed by atoms with E-state index in [1.54, 1.807) is 6.07 Å². The summed E-state index contributed by atoms with van der Waals surface area (Å²) in [6.45, 7) is 0. The second-order valence-electron chi connectivity index (χ2n) is 5.61. The minimum atomic E-state index is -0.126. The topological polar surface area (TPSA) is 21.3 Å². The second-order valence-corrected chi connectivity index (χ2v) is 6.52. The van der Waals surface area contributed by atoms with Crippen molar-refractivity contribution in [3.05, 3.63) is 34.1 Å². The maximum Gasteiger partial charge on any atom is 0.127 e. The number of nitrogens with one attached hydrogen (secondary N) is 1. The van der Waals surface area contributed by atoms with Gasteiger partial charge in [0.15, 0.2) is 0 Å². The zero-order valence-corrected chi connectivity index (χ0v) is 12.6. The van der Waals surface area contributed by atoms with Gasteiger partial charge in [0, 0.05) is 16.4 Å². The molecule has 2 aliphatic rings. The third-order valence-corrected chi connectivity index (χ3v) is 4.99. The Morgan fingerprint density at radius 2 is 2.32 bits per heavy atom. The van der Waals surface area contributed by atoms with Crippen LogP contribution in [-0.2, 0) is 11.2 Å². The Bertz CT molecular complexity index is 467. The van der Waals surface area contributed by atoms with Crippen LogP contribution in [0.3, 0.4) is 0 Å². The predicted molar refractivity (Wildman–Crippen MR) is 76.7 cm³/mol. The van der Waals surface area contributed by atoms with E-state index in [4.69, 9.17) is 4.74 Å². The molecular formula is C15H19BrFNO. The second kappa shape index (κ2) is 5.51. The van der Waals surface area contributed by atoms with E-state index >= 15 is 0 Å². The molecule has 19 heavy (non-hydrogen) atoms.